The summed E-state index contributed by atoms with van der Waals surface area (Å²) in [4.78, 5) is 31.8. The first kappa shape index (κ1) is 27.7. The van der Waals surface area contributed by atoms with Gasteiger partial charge in [0.05, 0.1) is 13.7 Å². The number of hydrogen-bond donors (Lipinski definition) is 5. The van der Waals surface area contributed by atoms with Gasteiger partial charge in [0.25, 0.3) is 5.91 Å². The molecule has 0 saturated heterocycles. The number of carbonyl (C=O) groups is 1. The van der Waals surface area contributed by atoms with Crippen LogP contribution in [0.5, 0.6) is 17.2 Å². The molecule has 0 aliphatic heterocycles. The molecule has 2 aromatic heterocycles. The zero-order chi connectivity index (χ0) is 28.6. The minimum absolute atomic E-state index is 0.0517. The van der Waals surface area contributed by atoms with Gasteiger partial charge < -0.3 is 30.6 Å². The van der Waals surface area contributed by atoms with E-state index in [4.69, 9.17) is 25.4 Å². The first-order valence-corrected chi connectivity index (χ1v) is 12.3. The van der Waals surface area contributed by atoms with Crippen LogP contribution in [-0.2, 0) is 4.79 Å². The summed E-state index contributed by atoms with van der Waals surface area (Å²) in [5.41, 5.74) is 7.02. The number of aromatic amines is 1. The number of nitrogen functional groups attached to an aromatic ring is 1. The highest BCUT2D eigenvalue weighted by Gasteiger charge is 2.23. The Morgan fingerprint density at radius 3 is 2.58 bits per heavy atom. The molecule has 2 aromatic carbocycles. The van der Waals surface area contributed by atoms with E-state index in [1.807, 2.05) is 6.92 Å². The van der Waals surface area contributed by atoms with Crippen molar-refractivity contribution in [2.75, 3.05) is 32.7 Å². The summed E-state index contributed by atoms with van der Waals surface area (Å²) in [7, 11) is 3.01. The van der Waals surface area contributed by atoms with Crippen LogP contribution >= 0.6 is 0 Å². The summed E-state index contributed by atoms with van der Waals surface area (Å²) in [6.45, 7) is 2.01. The molecule has 4 aromatic rings. The summed E-state index contributed by atoms with van der Waals surface area (Å²) in [6, 6.07) is 14.9. The van der Waals surface area contributed by atoms with Crippen molar-refractivity contribution in [1.82, 2.24) is 25.1 Å². The Bertz CT molecular complexity index is 1550. The second-order valence-corrected chi connectivity index (χ2v) is 8.43. The van der Waals surface area contributed by atoms with E-state index in [-0.39, 0.29) is 30.0 Å². The molecule has 0 spiro atoms. The lowest BCUT2D eigenvalue weighted by Gasteiger charge is -2.20. The molecule has 13 nitrogen and oxygen atoms in total. The highest BCUT2D eigenvalue weighted by atomic mass is 16.5. The standard InChI is InChI=1S/C27H30N8O5/c1-4-39-21-14-17(9-12-19(21)40-15-22(36)30-2)23(32-18-10-7-16(8-11-18)24(28)29)25-33-27(37)35(34-25)26-20(38-3)6-5-13-31-26/h5-14,23,32H,4,15H2,1-3H3,(H3,28,29)(H,30,36)(H,33,34,37). The number of nitrogens with zero attached hydrogens (tertiary/aromatic N) is 3. The van der Waals surface area contributed by atoms with Gasteiger partial charge >= 0.3 is 5.69 Å². The highest BCUT2D eigenvalue weighted by molar-refractivity contribution is 5.95. The molecule has 4 rings (SSSR count). The molecule has 0 aliphatic rings. The third kappa shape index (κ3) is 6.20. The van der Waals surface area contributed by atoms with Gasteiger partial charge in [-0.2, -0.15) is 4.68 Å². The lowest BCUT2D eigenvalue weighted by molar-refractivity contribution is -0.122. The van der Waals surface area contributed by atoms with E-state index in [1.54, 1.807) is 54.6 Å². The Morgan fingerprint density at radius 2 is 1.90 bits per heavy atom. The van der Waals surface area contributed by atoms with Crippen molar-refractivity contribution in [3.8, 4) is 23.1 Å². The summed E-state index contributed by atoms with van der Waals surface area (Å²) >= 11 is 0. The number of aromatic nitrogens is 4. The summed E-state index contributed by atoms with van der Waals surface area (Å²) < 4.78 is 18.0. The largest absolute Gasteiger partial charge is 0.493 e. The Kier molecular flexibility index (Phi) is 8.64. The minimum Gasteiger partial charge on any atom is -0.493 e. The van der Waals surface area contributed by atoms with E-state index in [9.17, 15) is 9.59 Å². The smallest absolute Gasteiger partial charge is 0.349 e. The predicted molar refractivity (Wildman–Crippen MR) is 149 cm³/mol. The van der Waals surface area contributed by atoms with Crippen molar-refractivity contribution in [2.24, 2.45) is 5.73 Å². The Morgan fingerprint density at radius 1 is 1.12 bits per heavy atom. The van der Waals surface area contributed by atoms with Crippen LogP contribution in [0.25, 0.3) is 5.82 Å². The molecular weight excluding hydrogens is 516 g/mol. The maximum Gasteiger partial charge on any atom is 0.349 e. The van der Waals surface area contributed by atoms with Gasteiger partial charge in [-0.15, -0.1) is 5.10 Å². The number of nitrogens with two attached hydrogens (primary N) is 1. The van der Waals surface area contributed by atoms with Crippen molar-refractivity contribution in [3.05, 3.63) is 88.2 Å². The van der Waals surface area contributed by atoms with Crippen molar-refractivity contribution < 1.29 is 19.0 Å². The number of methoxy groups -OCH3 is 1. The van der Waals surface area contributed by atoms with E-state index in [0.29, 0.717) is 40.7 Å². The average Bonchev–Trinajstić information content (AvgIpc) is 3.36. The Hall–Kier alpha value is -5.33. The maximum absolute atomic E-state index is 13.0. The van der Waals surface area contributed by atoms with Crippen LogP contribution in [0.15, 0.2) is 65.6 Å². The number of pyridine rings is 1. The highest BCUT2D eigenvalue weighted by Crippen LogP contribution is 2.34. The first-order chi connectivity index (χ1) is 19.3. The molecule has 0 fully saturated rings. The fraction of sp³-hybridized carbons (Fsp3) is 0.222. The SMILES string of the molecule is CCOc1cc(C(Nc2ccc(C(=N)N)cc2)c2nn(-c3ncccc3OC)c(=O)[nH]2)ccc1OCC(=O)NC. The zero-order valence-corrected chi connectivity index (χ0v) is 22.2. The van der Waals surface area contributed by atoms with Crippen LogP contribution in [0.3, 0.4) is 0 Å². The minimum atomic E-state index is -0.668. The number of likely N-dealkylation sites (N-methyl/N-ethyl adjacent to an activating group) is 1. The molecule has 2 heterocycles. The van der Waals surface area contributed by atoms with Gasteiger partial charge in [0.15, 0.2) is 29.7 Å². The Balaban J connectivity index is 1.78. The van der Waals surface area contributed by atoms with E-state index in [1.165, 1.54) is 20.4 Å². The number of nitrogens with one attached hydrogen (secondary N) is 4. The molecule has 0 saturated carbocycles. The van der Waals surface area contributed by atoms with Gasteiger partial charge in [0.2, 0.25) is 5.82 Å². The molecule has 1 amide bonds. The van der Waals surface area contributed by atoms with Crippen molar-refractivity contribution >= 4 is 17.4 Å². The Labute approximate surface area is 229 Å². The summed E-state index contributed by atoms with van der Waals surface area (Å²) in [6.07, 6.45) is 1.54. The van der Waals surface area contributed by atoms with Gasteiger partial charge in [-0.1, -0.05) is 6.07 Å². The van der Waals surface area contributed by atoms with Gasteiger partial charge in [0.1, 0.15) is 11.9 Å². The van der Waals surface area contributed by atoms with E-state index in [2.05, 4.69) is 25.7 Å². The van der Waals surface area contributed by atoms with E-state index in [0.717, 1.165) is 4.68 Å². The molecule has 13 heteroatoms. The van der Waals surface area contributed by atoms with Crippen LogP contribution in [0.4, 0.5) is 5.69 Å². The molecule has 0 radical (unpaired) electrons. The number of ether oxygens (including phenoxy) is 3. The second kappa shape index (κ2) is 12.5. The van der Waals surface area contributed by atoms with Gasteiger partial charge in [-0.25, -0.2) is 9.78 Å². The molecule has 6 N–H and O–H groups in total. The zero-order valence-electron chi connectivity index (χ0n) is 22.2. The third-order valence-corrected chi connectivity index (χ3v) is 5.83. The van der Waals surface area contributed by atoms with Crippen LogP contribution < -0.4 is 36.3 Å². The van der Waals surface area contributed by atoms with Crippen LogP contribution in [0.2, 0.25) is 0 Å². The first-order valence-electron chi connectivity index (χ1n) is 12.3. The summed E-state index contributed by atoms with van der Waals surface area (Å²) in [5, 5.41) is 18.1. The summed E-state index contributed by atoms with van der Waals surface area (Å²) in [5.74, 6) is 1.36. The molecule has 208 valence electrons. The number of amides is 1. The number of rotatable bonds is 12. The molecule has 1 atom stereocenters. The molecule has 0 bridgehead atoms. The van der Waals surface area contributed by atoms with Gasteiger partial charge in [0, 0.05) is 24.5 Å². The monoisotopic (exact) mass is 546 g/mol. The van der Waals surface area contributed by atoms with Crippen molar-refractivity contribution in [2.45, 2.75) is 13.0 Å². The lowest BCUT2D eigenvalue weighted by Crippen LogP contribution is -2.25. The lowest BCUT2D eigenvalue weighted by atomic mass is 10.0. The number of amidine groups is 1. The van der Waals surface area contributed by atoms with Crippen molar-refractivity contribution in [1.29, 1.82) is 5.41 Å². The number of H-pyrrole nitrogens is 1. The van der Waals surface area contributed by atoms with Crippen LogP contribution in [0, 0.1) is 5.41 Å². The maximum atomic E-state index is 13.0. The van der Waals surface area contributed by atoms with Gasteiger partial charge in [-0.3, -0.25) is 15.2 Å². The third-order valence-electron chi connectivity index (χ3n) is 5.83. The molecule has 0 aliphatic carbocycles. The fourth-order valence-corrected chi connectivity index (χ4v) is 3.84. The van der Waals surface area contributed by atoms with Gasteiger partial charge in [-0.05, 0) is 61.0 Å². The quantitative estimate of drug-likeness (QED) is 0.131. The van der Waals surface area contributed by atoms with E-state index >= 15 is 0 Å². The molecule has 1 unspecified atom stereocenters. The molecular formula is C27H30N8O5. The number of benzene rings is 2. The second-order valence-electron chi connectivity index (χ2n) is 8.43. The number of carbonyl (C=O) groups excluding carboxylic acids is 1. The van der Waals surface area contributed by atoms with Crippen molar-refractivity contribution in [3.63, 3.8) is 0 Å². The predicted octanol–water partition coefficient (Wildman–Crippen LogP) is 1.97. The number of anilines is 1. The van der Waals surface area contributed by atoms with Crippen LogP contribution in [0.1, 0.15) is 29.9 Å². The normalized spacial score (nSPS) is 11.4. The molecule has 40 heavy (non-hydrogen) atoms. The topological polar surface area (TPSA) is 182 Å². The van der Waals surface area contributed by atoms with Crippen LogP contribution in [-0.4, -0.2) is 58.9 Å². The van der Waals surface area contributed by atoms with E-state index < -0.39 is 11.7 Å². The fourth-order valence-electron chi connectivity index (χ4n) is 3.84. The number of hydrogen-bond acceptors (Lipinski definition) is 9. The average molecular weight is 547 g/mol.